The monoisotopic (exact) mass is 245 g/mol. The van der Waals surface area contributed by atoms with Crippen LogP contribution in [0, 0.1) is 5.92 Å². The summed E-state index contributed by atoms with van der Waals surface area (Å²) in [4.78, 5) is 8.82. The summed E-state index contributed by atoms with van der Waals surface area (Å²) in [5, 5.41) is 4.23. The maximum atomic E-state index is 5.83. The summed E-state index contributed by atoms with van der Waals surface area (Å²) >= 11 is 0. The van der Waals surface area contributed by atoms with Crippen molar-refractivity contribution in [3.8, 4) is 11.4 Å². The maximum absolute atomic E-state index is 5.83. The van der Waals surface area contributed by atoms with Crippen molar-refractivity contribution in [1.82, 2.24) is 19.7 Å². The topological polar surface area (TPSA) is 69.6 Å². The van der Waals surface area contributed by atoms with Crippen molar-refractivity contribution in [3.05, 3.63) is 24.2 Å². The molecule has 0 atom stereocenters. The lowest BCUT2D eigenvalue weighted by Gasteiger charge is -2.06. The van der Waals surface area contributed by atoms with Gasteiger partial charge in [0, 0.05) is 24.5 Å². The Hall–Kier alpha value is -1.91. The molecule has 0 unspecified atom stereocenters. The number of anilines is 1. The molecule has 2 N–H and O–H groups in total. The Morgan fingerprint density at radius 2 is 2.11 bits per heavy atom. The van der Waals surface area contributed by atoms with E-state index >= 15 is 0 Å². The number of aryl methyl sites for hydroxylation is 1. The first-order valence-corrected chi connectivity index (χ1v) is 6.24. The predicted octanol–water partition coefficient (Wildman–Crippen LogP) is 2.14. The number of nitrogens with two attached hydrogens (primary N) is 1. The summed E-state index contributed by atoms with van der Waals surface area (Å²) in [7, 11) is 0. The van der Waals surface area contributed by atoms with Crippen molar-refractivity contribution < 1.29 is 0 Å². The molecule has 0 aromatic carbocycles. The van der Waals surface area contributed by atoms with Gasteiger partial charge in [-0.05, 0) is 19.3 Å². The minimum absolute atomic E-state index is 0.514. The van der Waals surface area contributed by atoms with Gasteiger partial charge in [-0.2, -0.15) is 5.10 Å². The molecule has 0 aliphatic carbocycles. The van der Waals surface area contributed by atoms with E-state index in [2.05, 4.69) is 28.9 Å². The first-order chi connectivity index (χ1) is 8.58. The number of hydrogen-bond acceptors (Lipinski definition) is 4. The fourth-order valence-electron chi connectivity index (χ4n) is 1.82. The summed E-state index contributed by atoms with van der Waals surface area (Å²) in [6.45, 7) is 7.20. The van der Waals surface area contributed by atoms with Crippen LogP contribution in [0.4, 0.5) is 5.82 Å². The number of aromatic nitrogens is 4. The summed E-state index contributed by atoms with van der Waals surface area (Å²) in [6.07, 6.45) is 4.62. The molecular formula is C13H19N5. The van der Waals surface area contributed by atoms with Crippen LogP contribution in [0.5, 0.6) is 0 Å². The van der Waals surface area contributed by atoms with Crippen molar-refractivity contribution in [2.75, 3.05) is 5.73 Å². The Kier molecular flexibility index (Phi) is 3.60. The fourth-order valence-corrected chi connectivity index (χ4v) is 1.82. The summed E-state index contributed by atoms with van der Waals surface area (Å²) in [6, 6.07) is 1.84. The molecule has 0 aliphatic rings. The molecule has 2 aromatic heterocycles. The van der Waals surface area contributed by atoms with E-state index in [4.69, 9.17) is 5.73 Å². The van der Waals surface area contributed by atoms with E-state index in [1.807, 2.05) is 23.9 Å². The van der Waals surface area contributed by atoms with Crippen LogP contribution in [0.3, 0.4) is 0 Å². The maximum Gasteiger partial charge on any atom is 0.164 e. The fraction of sp³-hybridized carbons (Fsp3) is 0.462. The zero-order chi connectivity index (χ0) is 13.1. The van der Waals surface area contributed by atoms with Crippen molar-refractivity contribution in [3.63, 3.8) is 0 Å². The molecule has 0 saturated carbocycles. The molecule has 0 radical (unpaired) electrons. The Morgan fingerprint density at radius 1 is 1.33 bits per heavy atom. The molecular weight excluding hydrogens is 226 g/mol. The SMILES string of the molecule is CCn1cc(-c2nc(N)cc(CC(C)C)n2)cn1. The first kappa shape index (κ1) is 12.5. The molecule has 0 bridgehead atoms. The van der Waals surface area contributed by atoms with E-state index in [1.165, 1.54) is 0 Å². The van der Waals surface area contributed by atoms with Gasteiger partial charge < -0.3 is 5.73 Å². The highest BCUT2D eigenvalue weighted by Gasteiger charge is 2.08. The van der Waals surface area contributed by atoms with E-state index in [1.54, 1.807) is 6.20 Å². The molecule has 0 fully saturated rings. The third-order valence-electron chi connectivity index (χ3n) is 2.63. The van der Waals surface area contributed by atoms with Gasteiger partial charge in [0.2, 0.25) is 0 Å². The third-order valence-corrected chi connectivity index (χ3v) is 2.63. The lowest BCUT2D eigenvalue weighted by molar-refractivity contribution is 0.635. The summed E-state index contributed by atoms with van der Waals surface area (Å²) in [5.74, 6) is 1.72. The van der Waals surface area contributed by atoms with E-state index in [-0.39, 0.29) is 0 Å². The quantitative estimate of drug-likeness (QED) is 0.896. The van der Waals surface area contributed by atoms with Gasteiger partial charge >= 0.3 is 0 Å². The molecule has 96 valence electrons. The number of rotatable bonds is 4. The first-order valence-electron chi connectivity index (χ1n) is 6.24. The van der Waals surface area contributed by atoms with E-state index in [0.717, 1.165) is 24.2 Å². The van der Waals surface area contributed by atoms with Crippen LogP contribution in [0.2, 0.25) is 0 Å². The largest absolute Gasteiger partial charge is 0.384 e. The summed E-state index contributed by atoms with van der Waals surface area (Å²) < 4.78 is 1.85. The highest BCUT2D eigenvalue weighted by atomic mass is 15.3. The van der Waals surface area contributed by atoms with Crippen LogP contribution < -0.4 is 5.73 Å². The average molecular weight is 245 g/mol. The molecule has 2 aromatic rings. The Labute approximate surface area is 107 Å². The summed E-state index contributed by atoms with van der Waals surface area (Å²) in [5.41, 5.74) is 7.73. The Bertz CT molecular complexity index is 530. The van der Waals surface area contributed by atoms with Crippen molar-refractivity contribution in [2.45, 2.75) is 33.7 Å². The predicted molar refractivity (Wildman–Crippen MR) is 71.9 cm³/mol. The molecule has 2 rings (SSSR count). The van der Waals surface area contributed by atoms with E-state index in [0.29, 0.717) is 17.6 Å². The second-order valence-corrected chi connectivity index (χ2v) is 4.79. The second-order valence-electron chi connectivity index (χ2n) is 4.79. The molecule has 5 nitrogen and oxygen atoms in total. The highest BCUT2D eigenvalue weighted by Crippen LogP contribution is 2.17. The van der Waals surface area contributed by atoms with Crippen molar-refractivity contribution >= 4 is 5.82 Å². The molecule has 0 amide bonds. The zero-order valence-electron chi connectivity index (χ0n) is 11.1. The number of hydrogen-bond donors (Lipinski definition) is 1. The Balaban J connectivity index is 2.35. The molecule has 0 spiro atoms. The van der Waals surface area contributed by atoms with Crippen molar-refractivity contribution in [1.29, 1.82) is 0 Å². The number of nitrogens with zero attached hydrogens (tertiary/aromatic N) is 4. The van der Waals surface area contributed by atoms with Crippen LogP contribution in [0.1, 0.15) is 26.5 Å². The standard InChI is InChI=1S/C13H19N5/c1-4-18-8-10(7-15-18)13-16-11(5-9(2)3)6-12(14)17-13/h6-9H,4-5H2,1-3H3,(H2,14,16,17). The third kappa shape index (κ3) is 2.85. The van der Waals surface area contributed by atoms with Crippen LogP contribution in [-0.4, -0.2) is 19.7 Å². The van der Waals surface area contributed by atoms with Gasteiger partial charge in [-0.25, -0.2) is 9.97 Å². The van der Waals surface area contributed by atoms with Gasteiger partial charge in [0.1, 0.15) is 5.82 Å². The minimum atomic E-state index is 0.514. The molecule has 2 heterocycles. The van der Waals surface area contributed by atoms with Gasteiger partial charge in [0.25, 0.3) is 0 Å². The average Bonchev–Trinajstić information content (AvgIpc) is 2.75. The highest BCUT2D eigenvalue weighted by molar-refractivity contribution is 5.54. The van der Waals surface area contributed by atoms with Gasteiger partial charge in [0.15, 0.2) is 5.82 Å². The van der Waals surface area contributed by atoms with Gasteiger partial charge in [-0.1, -0.05) is 13.8 Å². The van der Waals surface area contributed by atoms with Crippen LogP contribution in [-0.2, 0) is 13.0 Å². The van der Waals surface area contributed by atoms with Gasteiger partial charge in [-0.15, -0.1) is 0 Å². The lowest BCUT2D eigenvalue weighted by atomic mass is 10.1. The van der Waals surface area contributed by atoms with E-state index in [9.17, 15) is 0 Å². The molecule has 18 heavy (non-hydrogen) atoms. The van der Waals surface area contributed by atoms with E-state index < -0.39 is 0 Å². The normalized spacial score (nSPS) is 11.1. The second kappa shape index (κ2) is 5.16. The molecule has 5 heteroatoms. The van der Waals surface area contributed by atoms with Crippen LogP contribution in [0.25, 0.3) is 11.4 Å². The smallest absolute Gasteiger partial charge is 0.164 e. The minimum Gasteiger partial charge on any atom is -0.384 e. The number of nitrogen functional groups attached to an aromatic ring is 1. The van der Waals surface area contributed by atoms with Crippen LogP contribution in [0.15, 0.2) is 18.5 Å². The van der Waals surface area contributed by atoms with Gasteiger partial charge in [0.05, 0.1) is 11.8 Å². The Morgan fingerprint density at radius 3 is 2.72 bits per heavy atom. The lowest BCUT2D eigenvalue weighted by Crippen LogP contribution is -2.03. The molecule has 0 aliphatic heterocycles. The van der Waals surface area contributed by atoms with Crippen molar-refractivity contribution in [2.24, 2.45) is 5.92 Å². The zero-order valence-corrected chi connectivity index (χ0v) is 11.1. The van der Waals surface area contributed by atoms with Gasteiger partial charge in [-0.3, -0.25) is 4.68 Å². The van der Waals surface area contributed by atoms with Crippen LogP contribution >= 0.6 is 0 Å². The molecule has 0 saturated heterocycles.